The van der Waals surface area contributed by atoms with E-state index < -0.39 is 5.91 Å². The molecule has 2 aromatic heterocycles. The number of furan rings is 1. The highest BCUT2D eigenvalue weighted by molar-refractivity contribution is 5.92. The highest BCUT2D eigenvalue weighted by Gasteiger charge is 2.11. The lowest BCUT2D eigenvalue weighted by Crippen LogP contribution is -2.22. The minimum Gasteiger partial charge on any atom is -0.451 e. The van der Waals surface area contributed by atoms with Gasteiger partial charge in [-0.2, -0.15) is 5.26 Å². The van der Waals surface area contributed by atoms with Gasteiger partial charge in [0.25, 0.3) is 5.91 Å². The van der Waals surface area contributed by atoms with E-state index in [9.17, 15) is 4.79 Å². The first kappa shape index (κ1) is 10.9. The van der Waals surface area contributed by atoms with Gasteiger partial charge in [-0.15, -0.1) is 0 Å². The van der Waals surface area contributed by atoms with Crippen LogP contribution in [0.2, 0.25) is 0 Å². The number of hydrogen-bond donors (Lipinski definition) is 1. The van der Waals surface area contributed by atoms with Gasteiger partial charge in [0.2, 0.25) is 0 Å². The second-order valence-electron chi connectivity index (χ2n) is 3.25. The monoisotopic (exact) mass is 227 g/mol. The van der Waals surface area contributed by atoms with Gasteiger partial charge in [0.15, 0.2) is 5.76 Å². The van der Waals surface area contributed by atoms with E-state index in [-0.39, 0.29) is 12.3 Å². The topological polar surface area (TPSA) is 78.9 Å². The second-order valence-corrected chi connectivity index (χ2v) is 3.25. The van der Waals surface area contributed by atoms with Gasteiger partial charge in [0.05, 0.1) is 6.07 Å². The van der Waals surface area contributed by atoms with Crippen LogP contribution in [-0.4, -0.2) is 17.4 Å². The van der Waals surface area contributed by atoms with Crippen molar-refractivity contribution in [2.24, 2.45) is 0 Å². The number of nitrogens with one attached hydrogen (secondary N) is 1. The van der Waals surface area contributed by atoms with E-state index in [2.05, 4.69) is 10.3 Å². The fraction of sp³-hybridized carbons (Fsp3) is 0.0833. The van der Waals surface area contributed by atoms with E-state index in [1.54, 1.807) is 30.6 Å². The van der Waals surface area contributed by atoms with E-state index in [0.717, 1.165) is 5.56 Å². The lowest BCUT2D eigenvalue weighted by atomic mass is 10.2. The summed E-state index contributed by atoms with van der Waals surface area (Å²) in [6.07, 6.45) is 3.31. The molecule has 5 heteroatoms. The molecule has 1 N–H and O–H groups in total. The number of carbonyl (C=O) groups is 1. The maximum Gasteiger partial charge on any atom is 0.287 e. The summed E-state index contributed by atoms with van der Waals surface area (Å²) in [5.74, 6) is 0.348. The van der Waals surface area contributed by atoms with Crippen molar-refractivity contribution >= 4 is 5.91 Å². The third-order valence-electron chi connectivity index (χ3n) is 2.10. The van der Waals surface area contributed by atoms with Crippen molar-refractivity contribution in [3.05, 3.63) is 42.4 Å². The van der Waals surface area contributed by atoms with Crippen LogP contribution in [0.5, 0.6) is 0 Å². The van der Waals surface area contributed by atoms with Gasteiger partial charge in [-0.05, 0) is 24.3 Å². The van der Waals surface area contributed by atoms with Crippen LogP contribution in [0.4, 0.5) is 0 Å². The number of carbonyl (C=O) groups excluding carboxylic acids is 1. The molecule has 0 atom stereocenters. The zero-order chi connectivity index (χ0) is 12.1. The van der Waals surface area contributed by atoms with Crippen molar-refractivity contribution in [2.75, 3.05) is 6.54 Å². The van der Waals surface area contributed by atoms with Gasteiger partial charge in [0, 0.05) is 18.0 Å². The van der Waals surface area contributed by atoms with Crippen LogP contribution < -0.4 is 5.32 Å². The van der Waals surface area contributed by atoms with Crippen molar-refractivity contribution in [1.29, 1.82) is 5.26 Å². The minimum absolute atomic E-state index is 0.0399. The van der Waals surface area contributed by atoms with Crippen molar-refractivity contribution in [2.45, 2.75) is 0 Å². The normalized spacial score (nSPS) is 9.59. The molecule has 0 bridgehead atoms. The summed E-state index contributed by atoms with van der Waals surface area (Å²) in [5, 5.41) is 10.7. The summed E-state index contributed by atoms with van der Waals surface area (Å²) in [7, 11) is 0. The molecular weight excluding hydrogens is 218 g/mol. The number of pyridine rings is 1. The molecule has 1 amide bonds. The smallest absolute Gasteiger partial charge is 0.287 e. The number of nitrogens with zero attached hydrogens (tertiary/aromatic N) is 2. The summed E-state index contributed by atoms with van der Waals surface area (Å²) >= 11 is 0. The number of nitriles is 1. The van der Waals surface area contributed by atoms with E-state index in [1.165, 1.54) is 0 Å². The van der Waals surface area contributed by atoms with Crippen LogP contribution in [0.3, 0.4) is 0 Å². The molecule has 2 rings (SSSR count). The van der Waals surface area contributed by atoms with E-state index in [4.69, 9.17) is 9.68 Å². The largest absolute Gasteiger partial charge is 0.451 e. The lowest BCUT2D eigenvalue weighted by Gasteiger charge is -1.97. The fourth-order valence-electron chi connectivity index (χ4n) is 1.33. The molecule has 0 fully saturated rings. The molecule has 0 saturated carbocycles. The summed E-state index contributed by atoms with van der Waals surface area (Å²) in [4.78, 5) is 15.4. The highest BCUT2D eigenvalue weighted by atomic mass is 16.3. The Labute approximate surface area is 97.7 Å². The Balaban J connectivity index is 2.17. The molecule has 0 aliphatic rings. The third kappa shape index (κ3) is 2.49. The summed E-state index contributed by atoms with van der Waals surface area (Å²) in [5.41, 5.74) is 0.798. The van der Waals surface area contributed by atoms with Crippen LogP contribution in [-0.2, 0) is 0 Å². The Hall–Kier alpha value is -2.61. The zero-order valence-corrected chi connectivity index (χ0v) is 8.88. The first-order valence-electron chi connectivity index (χ1n) is 4.96. The number of hydrogen-bond acceptors (Lipinski definition) is 4. The summed E-state index contributed by atoms with van der Waals surface area (Å²) < 4.78 is 5.37. The number of amides is 1. The quantitative estimate of drug-likeness (QED) is 0.807. The highest BCUT2D eigenvalue weighted by Crippen LogP contribution is 2.20. The fourth-order valence-corrected chi connectivity index (χ4v) is 1.33. The average molecular weight is 227 g/mol. The van der Waals surface area contributed by atoms with E-state index in [1.807, 2.05) is 12.1 Å². The molecule has 0 unspecified atom stereocenters. The molecule has 2 aromatic rings. The standard InChI is InChI=1S/C12H9N3O2/c13-5-7-15-12(16)11-4-3-10(17-11)9-2-1-6-14-8-9/h1-4,6,8H,7H2,(H,15,16). The van der Waals surface area contributed by atoms with Crippen LogP contribution in [0.15, 0.2) is 41.1 Å². The van der Waals surface area contributed by atoms with E-state index in [0.29, 0.717) is 5.76 Å². The van der Waals surface area contributed by atoms with Crippen molar-refractivity contribution in [3.63, 3.8) is 0 Å². The molecule has 0 aromatic carbocycles. The molecule has 0 aliphatic carbocycles. The Kier molecular flexibility index (Phi) is 3.17. The predicted molar refractivity (Wildman–Crippen MR) is 59.9 cm³/mol. The van der Waals surface area contributed by atoms with Crippen molar-refractivity contribution < 1.29 is 9.21 Å². The molecule has 0 spiro atoms. The predicted octanol–water partition coefficient (Wildman–Crippen LogP) is 1.59. The van der Waals surface area contributed by atoms with Crippen LogP contribution in [0, 0.1) is 11.3 Å². The molecule has 2 heterocycles. The SMILES string of the molecule is N#CCNC(=O)c1ccc(-c2cccnc2)o1. The Bertz CT molecular complexity index is 555. The number of rotatable bonds is 3. The summed E-state index contributed by atoms with van der Waals surface area (Å²) in [6.45, 7) is -0.0399. The van der Waals surface area contributed by atoms with Crippen molar-refractivity contribution in [1.82, 2.24) is 10.3 Å². The molecule has 0 aliphatic heterocycles. The molecule has 0 saturated heterocycles. The van der Waals surface area contributed by atoms with Gasteiger partial charge in [-0.3, -0.25) is 9.78 Å². The third-order valence-corrected chi connectivity index (χ3v) is 2.10. The lowest BCUT2D eigenvalue weighted by molar-refractivity contribution is 0.0932. The van der Waals surface area contributed by atoms with Gasteiger partial charge in [-0.25, -0.2) is 0 Å². The Morgan fingerprint density at radius 3 is 3.06 bits per heavy atom. The second kappa shape index (κ2) is 4.94. The Morgan fingerprint density at radius 1 is 1.47 bits per heavy atom. The first-order chi connectivity index (χ1) is 8.31. The van der Waals surface area contributed by atoms with E-state index >= 15 is 0 Å². The van der Waals surface area contributed by atoms with Gasteiger partial charge >= 0.3 is 0 Å². The zero-order valence-electron chi connectivity index (χ0n) is 8.88. The summed E-state index contributed by atoms with van der Waals surface area (Å²) in [6, 6.07) is 8.70. The average Bonchev–Trinajstić information content (AvgIpc) is 2.86. The van der Waals surface area contributed by atoms with Crippen LogP contribution in [0.25, 0.3) is 11.3 Å². The molecule has 0 radical (unpaired) electrons. The number of aromatic nitrogens is 1. The molecule has 17 heavy (non-hydrogen) atoms. The first-order valence-corrected chi connectivity index (χ1v) is 4.96. The molecule has 84 valence electrons. The van der Waals surface area contributed by atoms with Gasteiger partial charge in [-0.1, -0.05) is 0 Å². The maximum atomic E-state index is 11.5. The molecular formula is C12H9N3O2. The van der Waals surface area contributed by atoms with Crippen LogP contribution >= 0.6 is 0 Å². The van der Waals surface area contributed by atoms with Crippen LogP contribution in [0.1, 0.15) is 10.6 Å². The Morgan fingerprint density at radius 2 is 2.35 bits per heavy atom. The van der Waals surface area contributed by atoms with Gasteiger partial charge < -0.3 is 9.73 Å². The van der Waals surface area contributed by atoms with Gasteiger partial charge in [0.1, 0.15) is 12.3 Å². The molecule has 5 nitrogen and oxygen atoms in total. The van der Waals surface area contributed by atoms with Crippen molar-refractivity contribution in [3.8, 4) is 17.4 Å². The maximum absolute atomic E-state index is 11.5. The minimum atomic E-state index is -0.401.